The van der Waals surface area contributed by atoms with Crippen molar-refractivity contribution in [2.75, 3.05) is 0 Å². The van der Waals surface area contributed by atoms with Crippen molar-refractivity contribution < 1.29 is 4.92 Å². The molecule has 0 unspecified atom stereocenters. The van der Waals surface area contributed by atoms with E-state index < -0.39 is 8.28 Å². The van der Waals surface area contributed by atoms with E-state index in [4.69, 9.17) is 0 Å². The van der Waals surface area contributed by atoms with Crippen molar-refractivity contribution in [1.29, 1.82) is 0 Å². The second kappa shape index (κ2) is 2.39. The molecule has 0 aromatic rings. The first-order valence-corrected chi connectivity index (χ1v) is 3.77. The number of nitrogens with zero attached hydrogens (tertiary/aromatic N) is 3. The first kappa shape index (κ1) is 7.80. The minimum absolute atomic E-state index is 0.118. The van der Waals surface area contributed by atoms with Gasteiger partial charge in [0.25, 0.3) is 3.36 Å². The molecule has 0 fully saturated rings. The largest absolute Gasteiger partial charge is 0.317 e. The Labute approximate surface area is 72.6 Å². The molecule has 5 nitrogen and oxygen atoms in total. The lowest BCUT2D eigenvalue weighted by atomic mass is 10.5. The Morgan fingerprint density at radius 3 is 2.50 bits per heavy atom. The highest BCUT2D eigenvalue weighted by molar-refractivity contribution is 9.25. The summed E-state index contributed by atoms with van der Waals surface area (Å²) in [6.07, 6.45) is 1.09. The second-order valence-corrected chi connectivity index (χ2v) is 4.89. The van der Waals surface area contributed by atoms with E-state index >= 15 is 0 Å². The number of azo groups is 1. The van der Waals surface area contributed by atoms with Gasteiger partial charge < -0.3 is 0 Å². The molecule has 0 saturated carbocycles. The van der Waals surface area contributed by atoms with Gasteiger partial charge in [-0.1, -0.05) is 0 Å². The summed E-state index contributed by atoms with van der Waals surface area (Å²) in [7, 11) is 0. The molecule has 0 saturated heterocycles. The predicted molar refractivity (Wildman–Crippen MR) is 40.5 cm³/mol. The summed E-state index contributed by atoms with van der Waals surface area (Å²) in [4.78, 5) is 9.62. The van der Waals surface area contributed by atoms with Crippen molar-refractivity contribution >= 4 is 31.9 Å². The fourth-order valence-corrected chi connectivity index (χ4v) is 1.12. The van der Waals surface area contributed by atoms with Crippen LogP contribution < -0.4 is 0 Å². The summed E-state index contributed by atoms with van der Waals surface area (Å²) < 4.78 is -1.12. The number of rotatable bonds is 1. The molecular formula is C3HBr2N3O2. The average Bonchev–Trinajstić information content (AvgIpc) is 2.08. The standard InChI is InChI=1S/C3HBr2N3O2/c4-3(5)2(8(9)10)1-6-7-3/h1H. The number of nitro groups is 1. The van der Waals surface area contributed by atoms with Crippen molar-refractivity contribution in [3.8, 4) is 0 Å². The maximum atomic E-state index is 10.2. The Balaban J connectivity index is 2.93. The number of halogens is 2. The number of hydrogen-bond acceptors (Lipinski definition) is 4. The second-order valence-electron chi connectivity index (χ2n) is 1.53. The third-order valence-electron chi connectivity index (χ3n) is 0.868. The number of alkyl halides is 2. The highest BCUT2D eigenvalue weighted by Crippen LogP contribution is 2.39. The van der Waals surface area contributed by atoms with Crippen molar-refractivity contribution in [3.63, 3.8) is 0 Å². The van der Waals surface area contributed by atoms with Crippen LogP contribution in [-0.4, -0.2) is 8.28 Å². The minimum atomic E-state index is -1.12. The maximum absolute atomic E-state index is 10.2. The van der Waals surface area contributed by atoms with Crippen LogP contribution in [-0.2, 0) is 0 Å². The Morgan fingerprint density at radius 2 is 2.30 bits per heavy atom. The quantitative estimate of drug-likeness (QED) is 0.317. The van der Waals surface area contributed by atoms with Gasteiger partial charge in [-0.3, -0.25) is 10.1 Å². The first-order valence-electron chi connectivity index (χ1n) is 2.19. The van der Waals surface area contributed by atoms with Crippen molar-refractivity contribution in [2.24, 2.45) is 10.2 Å². The molecule has 0 aliphatic carbocycles. The zero-order valence-corrected chi connectivity index (χ0v) is 7.66. The van der Waals surface area contributed by atoms with E-state index in [1.54, 1.807) is 0 Å². The van der Waals surface area contributed by atoms with Crippen molar-refractivity contribution in [1.82, 2.24) is 0 Å². The minimum Gasteiger partial charge on any atom is -0.258 e. The van der Waals surface area contributed by atoms with E-state index in [0.29, 0.717) is 0 Å². The molecule has 7 heteroatoms. The van der Waals surface area contributed by atoms with Gasteiger partial charge in [0.15, 0.2) is 0 Å². The molecule has 0 radical (unpaired) electrons. The SMILES string of the molecule is O=[N+]([O-])C1=CN=NC1(Br)Br. The molecule has 1 heterocycles. The van der Waals surface area contributed by atoms with Crippen LogP contribution >= 0.6 is 31.9 Å². The molecular weight excluding hydrogens is 270 g/mol. The Hall–Kier alpha value is -0.300. The lowest BCUT2D eigenvalue weighted by Gasteiger charge is -2.03. The van der Waals surface area contributed by atoms with Crippen LogP contribution in [0.4, 0.5) is 0 Å². The lowest BCUT2D eigenvalue weighted by molar-refractivity contribution is -0.427. The summed E-state index contributed by atoms with van der Waals surface area (Å²) in [5.41, 5.74) is -0.118. The van der Waals surface area contributed by atoms with E-state index in [1.807, 2.05) is 0 Å². The van der Waals surface area contributed by atoms with Gasteiger partial charge in [-0.15, -0.1) is 5.11 Å². The molecule has 0 atom stereocenters. The Bertz CT molecular complexity index is 234. The smallest absolute Gasteiger partial charge is 0.258 e. The van der Waals surface area contributed by atoms with Crippen LogP contribution in [0, 0.1) is 10.1 Å². The fourth-order valence-electron chi connectivity index (χ4n) is 0.442. The molecule has 0 aromatic heterocycles. The molecule has 0 N–H and O–H groups in total. The lowest BCUT2D eigenvalue weighted by Crippen LogP contribution is -2.14. The molecule has 0 aromatic carbocycles. The van der Waals surface area contributed by atoms with Crippen LogP contribution in [0.3, 0.4) is 0 Å². The van der Waals surface area contributed by atoms with Crippen LogP contribution in [0.15, 0.2) is 22.1 Å². The monoisotopic (exact) mass is 269 g/mol. The van der Waals surface area contributed by atoms with E-state index in [1.165, 1.54) is 0 Å². The molecule has 0 bridgehead atoms. The normalized spacial score (nSPS) is 20.8. The Kier molecular flexibility index (Phi) is 1.86. The molecule has 1 rings (SSSR count). The maximum Gasteiger partial charge on any atom is 0.317 e. The first-order chi connectivity index (χ1) is 4.54. The molecule has 54 valence electrons. The van der Waals surface area contributed by atoms with Gasteiger partial charge in [-0.05, 0) is 31.9 Å². The van der Waals surface area contributed by atoms with Crippen LogP contribution in [0.2, 0.25) is 0 Å². The van der Waals surface area contributed by atoms with E-state index in [9.17, 15) is 10.1 Å². The fraction of sp³-hybridized carbons (Fsp3) is 0.333. The van der Waals surface area contributed by atoms with Gasteiger partial charge in [-0.25, -0.2) is 0 Å². The summed E-state index contributed by atoms with van der Waals surface area (Å²) in [5.74, 6) is 0. The Morgan fingerprint density at radius 1 is 1.70 bits per heavy atom. The zero-order valence-electron chi connectivity index (χ0n) is 4.49. The van der Waals surface area contributed by atoms with E-state index in [2.05, 4.69) is 42.1 Å². The summed E-state index contributed by atoms with van der Waals surface area (Å²) in [6, 6.07) is 0. The van der Waals surface area contributed by atoms with Gasteiger partial charge in [0.05, 0.1) is 4.92 Å². The molecule has 1 aliphatic heterocycles. The van der Waals surface area contributed by atoms with Crippen molar-refractivity contribution in [3.05, 3.63) is 22.0 Å². The third kappa shape index (κ3) is 1.24. The van der Waals surface area contributed by atoms with Gasteiger partial charge in [-0.2, -0.15) is 5.11 Å². The van der Waals surface area contributed by atoms with Gasteiger partial charge in [0.1, 0.15) is 6.20 Å². The predicted octanol–water partition coefficient (Wildman–Crippen LogP) is 2.01. The zero-order chi connectivity index (χ0) is 7.78. The highest BCUT2D eigenvalue weighted by Gasteiger charge is 2.41. The summed E-state index contributed by atoms with van der Waals surface area (Å²) >= 11 is 5.91. The molecule has 0 amide bonds. The van der Waals surface area contributed by atoms with Crippen LogP contribution in [0.5, 0.6) is 0 Å². The molecule has 1 aliphatic rings. The molecule has 10 heavy (non-hydrogen) atoms. The van der Waals surface area contributed by atoms with E-state index in [-0.39, 0.29) is 5.70 Å². The van der Waals surface area contributed by atoms with Gasteiger partial charge in [0, 0.05) is 0 Å². The number of hydrogen-bond donors (Lipinski definition) is 0. The van der Waals surface area contributed by atoms with Gasteiger partial charge in [0.2, 0.25) is 0 Å². The summed E-state index contributed by atoms with van der Waals surface area (Å²) in [5, 5.41) is 17.0. The van der Waals surface area contributed by atoms with Crippen LogP contribution in [0.25, 0.3) is 0 Å². The molecule has 0 spiro atoms. The average molecular weight is 271 g/mol. The van der Waals surface area contributed by atoms with Gasteiger partial charge >= 0.3 is 5.70 Å². The van der Waals surface area contributed by atoms with E-state index in [0.717, 1.165) is 6.20 Å². The topological polar surface area (TPSA) is 67.9 Å². The van der Waals surface area contributed by atoms with Crippen LogP contribution in [0.1, 0.15) is 0 Å². The van der Waals surface area contributed by atoms with Crippen molar-refractivity contribution in [2.45, 2.75) is 3.36 Å². The third-order valence-corrected chi connectivity index (χ3v) is 2.00. The highest BCUT2D eigenvalue weighted by atomic mass is 79.9. The summed E-state index contributed by atoms with van der Waals surface area (Å²) in [6.45, 7) is 0.